The highest BCUT2D eigenvalue weighted by Crippen LogP contribution is 2.35. The molecular formula is C16H18N2O6. The normalized spacial score (nSPS) is 24.7. The summed E-state index contributed by atoms with van der Waals surface area (Å²) in [4.78, 5) is 25.4. The van der Waals surface area contributed by atoms with Gasteiger partial charge in [-0.3, -0.25) is 4.79 Å². The molecule has 0 aliphatic carbocycles. The summed E-state index contributed by atoms with van der Waals surface area (Å²) in [6.45, 7) is 1.60. The molecule has 1 spiro atoms. The molecule has 1 aromatic carbocycles. The number of carbonyl (C=O) groups is 2. The topological polar surface area (TPSA) is 86.3 Å². The average Bonchev–Trinajstić information content (AvgIpc) is 3.19. The van der Waals surface area contributed by atoms with Crippen molar-refractivity contribution in [2.45, 2.75) is 18.4 Å². The maximum atomic E-state index is 12.4. The average molecular weight is 334 g/mol. The minimum atomic E-state index is -0.594. The van der Waals surface area contributed by atoms with E-state index < -0.39 is 11.7 Å². The zero-order chi connectivity index (χ0) is 16.6. The van der Waals surface area contributed by atoms with E-state index in [0.717, 1.165) is 12.8 Å². The Morgan fingerprint density at radius 3 is 3.04 bits per heavy atom. The van der Waals surface area contributed by atoms with E-state index in [1.807, 2.05) is 0 Å². The smallest absolute Gasteiger partial charge is 0.407 e. The lowest BCUT2D eigenvalue weighted by atomic mass is 9.93. The first-order chi connectivity index (χ1) is 11.6. The van der Waals surface area contributed by atoms with Gasteiger partial charge < -0.3 is 29.2 Å². The molecular weight excluding hydrogens is 316 g/mol. The Balaban J connectivity index is 1.35. The number of alkyl carbamates (subject to hydrolysis) is 1. The molecule has 2 amide bonds. The molecule has 0 aromatic heterocycles. The van der Waals surface area contributed by atoms with Crippen LogP contribution in [-0.2, 0) is 9.53 Å². The molecule has 1 N–H and O–H groups in total. The van der Waals surface area contributed by atoms with Crippen molar-refractivity contribution in [2.75, 3.05) is 33.0 Å². The van der Waals surface area contributed by atoms with Gasteiger partial charge in [0.05, 0.1) is 13.1 Å². The third-order valence-electron chi connectivity index (χ3n) is 4.46. The number of hydrogen-bond donors (Lipinski definition) is 1. The van der Waals surface area contributed by atoms with Gasteiger partial charge in [0.25, 0.3) is 5.91 Å². The highest BCUT2D eigenvalue weighted by Gasteiger charge is 2.44. The Morgan fingerprint density at radius 1 is 1.33 bits per heavy atom. The molecule has 1 atom stereocenters. The summed E-state index contributed by atoms with van der Waals surface area (Å²) < 4.78 is 21.5. The number of piperidine rings is 1. The molecule has 1 aromatic rings. The van der Waals surface area contributed by atoms with E-state index in [2.05, 4.69) is 5.32 Å². The molecule has 0 bridgehead atoms. The Bertz CT molecular complexity index is 679. The third-order valence-corrected chi connectivity index (χ3v) is 4.46. The zero-order valence-corrected chi connectivity index (χ0v) is 13.1. The predicted octanol–water partition coefficient (Wildman–Crippen LogP) is 0.895. The molecule has 4 rings (SSSR count). The van der Waals surface area contributed by atoms with Crippen LogP contribution in [-0.4, -0.2) is 55.5 Å². The van der Waals surface area contributed by atoms with E-state index in [9.17, 15) is 9.59 Å². The molecule has 3 heterocycles. The number of fused-ring (bicyclic) bond motifs is 1. The second-order valence-corrected chi connectivity index (χ2v) is 6.15. The third kappa shape index (κ3) is 2.79. The number of nitrogens with one attached hydrogen (secondary N) is 1. The van der Waals surface area contributed by atoms with Crippen molar-refractivity contribution < 1.29 is 28.5 Å². The van der Waals surface area contributed by atoms with E-state index in [1.165, 1.54) is 0 Å². The van der Waals surface area contributed by atoms with Gasteiger partial charge in [-0.1, -0.05) is 0 Å². The van der Waals surface area contributed by atoms with Crippen molar-refractivity contribution in [2.24, 2.45) is 0 Å². The predicted molar refractivity (Wildman–Crippen MR) is 81.1 cm³/mol. The highest BCUT2D eigenvalue weighted by molar-refractivity contribution is 5.78. The van der Waals surface area contributed by atoms with E-state index in [0.29, 0.717) is 36.9 Å². The zero-order valence-electron chi connectivity index (χ0n) is 13.1. The lowest BCUT2D eigenvalue weighted by Crippen LogP contribution is -2.53. The molecule has 24 heavy (non-hydrogen) atoms. The van der Waals surface area contributed by atoms with Crippen LogP contribution in [0.2, 0.25) is 0 Å². The maximum Gasteiger partial charge on any atom is 0.407 e. The maximum absolute atomic E-state index is 12.4. The lowest BCUT2D eigenvalue weighted by Gasteiger charge is -2.38. The number of benzene rings is 1. The number of hydrogen-bond acceptors (Lipinski definition) is 6. The van der Waals surface area contributed by atoms with E-state index in [4.69, 9.17) is 18.9 Å². The Labute approximate surface area is 138 Å². The second kappa shape index (κ2) is 5.77. The highest BCUT2D eigenvalue weighted by atomic mass is 16.7. The van der Waals surface area contributed by atoms with Crippen molar-refractivity contribution in [1.82, 2.24) is 10.2 Å². The van der Waals surface area contributed by atoms with Crippen LogP contribution in [0.1, 0.15) is 12.8 Å². The van der Waals surface area contributed by atoms with Crippen LogP contribution in [0.3, 0.4) is 0 Å². The van der Waals surface area contributed by atoms with E-state index >= 15 is 0 Å². The van der Waals surface area contributed by atoms with Crippen molar-refractivity contribution in [3.8, 4) is 17.2 Å². The summed E-state index contributed by atoms with van der Waals surface area (Å²) in [5.74, 6) is 1.70. The SMILES string of the molecule is O=C1NC[C@@]2(CCCN(C(=O)COc3ccc4c(c3)OCO4)C2)O1. The summed E-state index contributed by atoms with van der Waals surface area (Å²) in [5, 5.41) is 2.67. The fourth-order valence-corrected chi connectivity index (χ4v) is 3.24. The van der Waals surface area contributed by atoms with Crippen LogP contribution >= 0.6 is 0 Å². The monoisotopic (exact) mass is 334 g/mol. The van der Waals surface area contributed by atoms with Crippen LogP contribution in [0, 0.1) is 0 Å². The first kappa shape index (κ1) is 14.9. The van der Waals surface area contributed by atoms with Crippen molar-refractivity contribution >= 4 is 12.0 Å². The summed E-state index contributed by atoms with van der Waals surface area (Å²) in [5.41, 5.74) is -0.594. The largest absolute Gasteiger partial charge is 0.484 e. The summed E-state index contributed by atoms with van der Waals surface area (Å²) in [6, 6.07) is 5.19. The standard InChI is InChI=1S/C16H18N2O6/c19-14(7-21-11-2-3-12-13(6-11)23-10-22-12)18-5-1-4-16(9-18)8-17-15(20)24-16/h2-3,6H,1,4-5,7-10H2,(H,17,20)/t16-/m1/s1. The number of amides is 2. The fraction of sp³-hybridized carbons (Fsp3) is 0.500. The number of likely N-dealkylation sites (tertiary alicyclic amines) is 1. The van der Waals surface area contributed by atoms with Crippen molar-refractivity contribution in [3.05, 3.63) is 18.2 Å². The van der Waals surface area contributed by atoms with E-state index in [-0.39, 0.29) is 19.3 Å². The van der Waals surface area contributed by atoms with Gasteiger partial charge in [0.15, 0.2) is 18.1 Å². The Morgan fingerprint density at radius 2 is 2.21 bits per heavy atom. The molecule has 0 saturated carbocycles. The number of nitrogens with zero attached hydrogens (tertiary/aromatic N) is 1. The molecule has 8 nitrogen and oxygen atoms in total. The number of ether oxygens (including phenoxy) is 4. The number of rotatable bonds is 3. The lowest BCUT2D eigenvalue weighted by molar-refractivity contribution is -0.138. The van der Waals surface area contributed by atoms with Gasteiger partial charge in [-0.05, 0) is 25.0 Å². The van der Waals surface area contributed by atoms with Crippen LogP contribution in [0.4, 0.5) is 4.79 Å². The molecule has 3 aliphatic heterocycles. The second-order valence-electron chi connectivity index (χ2n) is 6.15. The summed E-state index contributed by atoms with van der Waals surface area (Å²) in [6.07, 6.45) is 1.14. The molecule has 8 heteroatoms. The van der Waals surface area contributed by atoms with Gasteiger partial charge in [0, 0.05) is 12.6 Å². The van der Waals surface area contributed by atoms with Gasteiger partial charge in [-0.2, -0.15) is 0 Å². The van der Waals surface area contributed by atoms with Crippen LogP contribution < -0.4 is 19.5 Å². The van der Waals surface area contributed by atoms with Gasteiger partial charge in [-0.25, -0.2) is 4.79 Å². The molecule has 0 unspecified atom stereocenters. The molecule has 128 valence electrons. The molecule has 2 saturated heterocycles. The fourth-order valence-electron chi connectivity index (χ4n) is 3.24. The Kier molecular flexibility index (Phi) is 3.59. The van der Waals surface area contributed by atoms with Crippen molar-refractivity contribution in [3.63, 3.8) is 0 Å². The van der Waals surface area contributed by atoms with Gasteiger partial charge >= 0.3 is 6.09 Å². The minimum absolute atomic E-state index is 0.0723. The molecule has 3 aliphatic rings. The first-order valence-electron chi connectivity index (χ1n) is 7.91. The summed E-state index contributed by atoms with van der Waals surface area (Å²) in [7, 11) is 0. The number of carbonyl (C=O) groups excluding carboxylic acids is 2. The van der Waals surface area contributed by atoms with Crippen LogP contribution in [0.15, 0.2) is 18.2 Å². The molecule has 2 fully saturated rings. The van der Waals surface area contributed by atoms with Crippen LogP contribution in [0.5, 0.6) is 17.2 Å². The van der Waals surface area contributed by atoms with Gasteiger partial charge in [-0.15, -0.1) is 0 Å². The Hall–Kier alpha value is -2.64. The molecule has 0 radical (unpaired) electrons. The van der Waals surface area contributed by atoms with E-state index in [1.54, 1.807) is 23.1 Å². The van der Waals surface area contributed by atoms with Gasteiger partial charge in [0.1, 0.15) is 11.4 Å². The quantitative estimate of drug-likeness (QED) is 0.884. The summed E-state index contributed by atoms with van der Waals surface area (Å²) >= 11 is 0. The minimum Gasteiger partial charge on any atom is -0.484 e. The first-order valence-corrected chi connectivity index (χ1v) is 7.91. The van der Waals surface area contributed by atoms with Crippen LogP contribution in [0.25, 0.3) is 0 Å². The van der Waals surface area contributed by atoms with Crippen molar-refractivity contribution in [1.29, 1.82) is 0 Å². The van der Waals surface area contributed by atoms with Gasteiger partial charge in [0.2, 0.25) is 6.79 Å².